The summed E-state index contributed by atoms with van der Waals surface area (Å²) in [5.41, 5.74) is 0.821. The summed E-state index contributed by atoms with van der Waals surface area (Å²) in [5.74, 6) is 0.584. The minimum atomic E-state index is -1.00. The standard InChI is InChI=1S/C15H19N3O3/c1-15(2,3)18(14(19)20)11-5-6-12(13(9-11)21-4)17-8-7-16-10-17/h5-10H,1-4H3,(H,19,20). The van der Waals surface area contributed by atoms with Crippen molar-refractivity contribution in [3.63, 3.8) is 0 Å². The molecule has 0 aliphatic rings. The van der Waals surface area contributed by atoms with E-state index in [9.17, 15) is 9.90 Å². The Bertz CT molecular complexity index is 630. The van der Waals surface area contributed by atoms with Gasteiger partial charge in [-0.2, -0.15) is 0 Å². The van der Waals surface area contributed by atoms with E-state index in [0.29, 0.717) is 11.4 Å². The molecule has 0 aliphatic carbocycles. The normalized spacial score (nSPS) is 11.2. The Hall–Kier alpha value is -2.50. The molecule has 1 amide bonds. The third-order valence-corrected chi connectivity index (χ3v) is 3.07. The zero-order valence-electron chi connectivity index (χ0n) is 12.6. The maximum atomic E-state index is 11.5. The highest BCUT2D eigenvalue weighted by molar-refractivity contribution is 5.88. The van der Waals surface area contributed by atoms with Crippen LogP contribution in [0, 0.1) is 0 Å². The maximum absolute atomic E-state index is 11.5. The summed E-state index contributed by atoms with van der Waals surface area (Å²) in [7, 11) is 1.56. The van der Waals surface area contributed by atoms with Gasteiger partial charge in [0.25, 0.3) is 0 Å². The van der Waals surface area contributed by atoms with Gasteiger partial charge < -0.3 is 14.4 Å². The molecule has 0 saturated carbocycles. The summed E-state index contributed by atoms with van der Waals surface area (Å²) in [6.07, 6.45) is 4.14. The van der Waals surface area contributed by atoms with Gasteiger partial charge in [-0.1, -0.05) is 0 Å². The summed E-state index contributed by atoms with van der Waals surface area (Å²) in [6, 6.07) is 5.30. The number of ether oxygens (including phenoxy) is 1. The molecule has 0 spiro atoms. The molecule has 2 rings (SSSR count). The van der Waals surface area contributed by atoms with Gasteiger partial charge in [0.2, 0.25) is 0 Å². The lowest BCUT2D eigenvalue weighted by Crippen LogP contribution is -2.45. The molecule has 21 heavy (non-hydrogen) atoms. The second-order valence-corrected chi connectivity index (χ2v) is 5.61. The Balaban J connectivity index is 2.50. The molecule has 1 heterocycles. The summed E-state index contributed by atoms with van der Waals surface area (Å²) >= 11 is 0. The monoisotopic (exact) mass is 289 g/mol. The van der Waals surface area contributed by atoms with E-state index in [1.54, 1.807) is 38.0 Å². The number of carboxylic acid groups (broad SMARTS) is 1. The van der Waals surface area contributed by atoms with Crippen LogP contribution >= 0.6 is 0 Å². The van der Waals surface area contributed by atoms with Crippen molar-refractivity contribution in [1.82, 2.24) is 9.55 Å². The lowest BCUT2D eigenvalue weighted by Gasteiger charge is -2.33. The van der Waals surface area contributed by atoms with E-state index < -0.39 is 11.6 Å². The molecule has 0 fully saturated rings. The zero-order valence-corrected chi connectivity index (χ0v) is 12.6. The second-order valence-electron chi connectivity index (χ2n) is 5.61. The molecular weight excluding hydrogens is 270 g/mol. The van der Waals surface area contributed by atoms with E-state index in [4.69, 9.17) is 4.74 Å². The Morgan fingerprint density at radius 3 is 2.57 bits per heavy atom. The lowest BCUT2D eigenvalue weighted by atomic mass is 10.1. The molecule has 0 atom stereocenters. The first-order valence-electron chi connectivity index (χ1n) is 6.54. The summed E-state index contributed by atoms with van der Waals surface area (Å²) < 4.78 is 7.19. The zero-order chi connectivity index (χ0) is 15.6. The highest BCUT2D eigenvalue weighted by Crippen LogP contribution is 2.31. The van der Waals surface area contributed by atoms with Crippen molar-refractivity contribution in [2.75, 3.05) is 12.0 Å². The largest absolute Gasteiger partial charge is 0.494 e. The third kappa shape index (κ3) is 2.99. The molecule has 0 saturated heterocycles. The van der Waals surface area contributed by atoms with Crippen LogP contribution < -0.4 is 9.64 Å². The number of anilines is 1. The smallest absolute Gasteiger partial charge is 0.412 e. The van der Waals surface area contributed by atoms with Gasteiger partial charge in [-0.15, -0.1) is 0 Å². The minimum absolute atomic E-state index is 0.548. The molecule has 1 aromatic heterocycles. The van der Waals surface area contributed by atoms with Gasteiger partial charge in [-0.05, 0) is 32.9 Å². The molecule has 1 N–H and O–H groups in total. The molecule has 2 aromatic rings. The molecule has 0 aliphatic heterocycles. The van der Waals surface area contributed by atoms with E-state index in [1.807, 2.05) is 31.4 Å². The molecular formula is C15H19N3O3. The van der Waals surface area contributed by atoms with Crippen molar-refractivity contribution in [2.45, 2.75) is 26.3 Å². The topological polar surface area (TPSA) is 67.6 Å². The van der Waals surface area contributed by atoms with Crippen LogP contribution in [0.3, 0.4) is 0 Å². The van der Waals surface area contributed by atoms with Crippen LogP contribution in [0.1, 0.15) is 20.8 Å². The van der Waals surface area contributed by atoms with Crippen LogP contribution in [-0.4, -0.2) is 33.4 Å². The number of imidazole rings is 1. The Morgan fingerprint density at radius 2 is 2.10 bits per heavy atom. The lowest BCUT2D eigenvalue weighted by molar-refractivity contribution is 0.195. The van der Waals surface area contributed by atoms with Crippen LogP contribution in [0.15, 0.2) is 36.9 Å². The molecule has 0 radical (unpaired) electrons. The van der Waals surface area contributed by atoms with Gasteiger partial charge >= 0.3 is 6.09 Å². The fourth-order valence-corrected chi connectivity index (χ4v) is 2.20. The average molecular weight is 289 g/mol. The second kappa shape index (κ2) is 5.47. The SMILES string of the molecule is COc1cc(N(C(=O)O)C(C)(C)C)ccc1-n1ccnc1. The molecule has 0 bridgehead atoms. The quantitative estimate of drug-likeness (QED) is 0.942. The summed E-state index contributed by atoms with van der Waals surface area (Å²) in [4.78, 5) is 16.8. The molecule has 1 aromatic carbocycles. The Morgan fingerprint density at radius 1 is 1.38 bits per heavy atom. The van der Waals surface area contributed by atoms with Crippen LogP contribution in [-0.2, 0) is 0 Å². The van der Waals surface area contributed by atoms with Gasteiger partial charge in [-0.3, -0.25) is 4.90 Å². The van der Waals surface area contributed by atoms with Gasteiger partial charge in [0.1, 0.15) is 5.75 Å². The predicted molar refractivity (Wildman–Crippen MR) is 80.4 cm³/mol. The fraction of sp³-hybridized carbons (Fsp3) is 0.333. The number of rotatable bonds is 3. The summed E-state index contributed by atoms with van der Waals surface area (Å²) in [5, 5.41) is 9.45. The van der Waals surface area contributed by atoms with Crippen LogP contribution in [0.2, 0.25) is 0 Å². The van der Waals surface area contributed by atoms with Gasteiger partial charge in [0.05, 0.1) is 24.8 Å². The van der Waals surface area contributed by atoms with Crippen molar-refractivity contribution in [3.05, 3.63) is 36.9 Å². The van der Waals surface area contributed by atoms with E-state index in [-0.39, 0.29) is 0 Å². The van der Waals surface area contributed by atoms with Crippen molar-refractivity contribution in [3.8, 4) is 11.4 Å². The number of nitrogens with zero attached hydrogens (tertiary/aromatic N) is 3. The molecule has 112 valence electrons. The van der Waals surface area contributed by atoms with Crippen molar-refractivity contribution in [2.24, 2.45) is 0 Å². The molecule has 6 nitrogen and oxygen atoms in total. The number of methoxy groups -OCH3 is 1. The van der Waals surface area contributed by atoms with Crippen LogP contribution in [0.25, 0.3) is 5.69 Å². The van der Waals surface area contributed by atoms with Crippen molar-refractivity contribution >= 4 is 11.8 Å². The van der Waals surface area contributed by atoms with E-state index in [2.05, 4.69) is 4.98 Å². The minimum Gasteiger partial charge on any atom is -0.494 e. The Kier molecular flexibility index (Phi) is 3.88. The maximum Gasteiger partial charge on any atom is 0.412 e. The van der Waals surface area contributed by atoms with E-state index in [1.165, 1.54) is 4.90 Å². The number of hydrogen-bond acceptors (Lipinski definition) is 3. The first kappa shape index (κ1) is 14.9. The predicted octanol–water partition coefficient (Wildman–Crippen LogP) is 3.16. The van der Waals surface area contributed by atoms with Crippen LogP contribution in [0.5, 0.6) is 5.75 Å². The van der Waals surface area contributed by atoms with Crippen LogP contribution in [0.4, 0.5) is 10.5 Å². The molecule has 6 heteroatoms. The highest BCUT2D eigenvalue weighted by atomic mass is 16.5. The number of carbonyl (C=O) groups is 1. The number of aromatic nitrogens is 2. The van der Waals surface area contributed by atoms with Crippen molar-refractivity contribution < 1.29 is 14.6 Å². The first-order chi connectivity index (χ1) is 9.84. The number of benzene rings is 1. The van der Waals surface area contributed by atoms with Gasteiger partial charge in [-0.25, -0.2) is 9.78 Å². The van der Waals surface area contributed by atoms with E-state index in [0.717, 1.165) is 5.69 Å². The first-order valence-corrected chi connectivity index (χ1v) is 6.54. The number of amides is 1. The Labute approximate surface area is 123 Å². The molecule has 0 unspecified atom stereocenters. The fourth-order valence-electron chi connectivity index (χ4n) is 2.20. The third-order valence-electron chi connectivity index (χ3n) is 3.07. The number of hydrogen-bond donors (Lipinski definition) is 1. The highest BCUT2D eigenvalue weighted by Gasteiger charge is 2.28. The average Bonchev–Trinajstić information content (AvgIpc) is 2.90. The summed E-state index contributed by atoms with van der Waals surface area (Å²) in [6.45, 7) is 5.53. The van der Waals surface area contributed by atoms with Gasteiger partial charge in [0.15, 0.2) is 0 Å². The van der Waals surface area contributed by atoms with Gasteiger partial charge in [0, 0.05) is 24.0 Å². The van der Waals surface area contributed by atoms with Crippen molar-refractivity contribution in [1.29, 1.82) is 0 Å². The van der Waals surface area contributed by atoms with E-state index >= 15 is 0 Å².